The summed E-state index contributed by atoms with van der Waals surface area (Å²) >= 11 is 5.63. The highest BCUT2D eigenvalue weighted by Crippen LogP contribution is 2.21. The zero-order chi connectivity index (χ0) is 9.84. The van der Waals surface area contributed by atoms with Crippen molar-refractivity contribution in [1.82, 2.24) is 5.32 Å². The lowest BCUT2D eigenvalue weighted by molar-refractivity contribution is 0.102. The van der Waals surface area contributed by atoms with Crippen LogP contribution in [-0.2, 0) is 0 Å². The fourth-order valence-electron chi connectivity index (χ4n) is 1.11. The molecule has 0 spiro atoms. The fourth-order valence-corrected chi connectivity index (χ4v) is 1.23. The molecule has 0 aliphatic heterocycles. The van der Waals surface area contributed by atoms with Gasteiger partial charge in [0.1, 0.15) is 0 Å². The molecule has 0 saturated carbocycles. The minimum atomic E-state index is -2.41. The van der Waals surface area contributed by atoms with Crippen LogP contribution in [0.5, 0.6) is 0 Å². The van der Waals surface area contributed by atoms with E-state index in [-0.39, 0.29) is 0 Å². The Labute approximate surface area is 80.7 Å². The first-order valence-electron chi connectivity index (χ1n) is 3.86. The number of rotatable bonds is 3. The summed E-state index contributed by atoms with van der Waals surface area (Å²) in [4.78, 5) is 0. The molecule has 1 unspecified atom stereocenters. The predicted molar refractivity (Wildman–Crippen MR) is 49.3 cm³/mol. The first kappa shape index (κ1) is 10.4. The average Bonchev–Trinajstić information content (AvgIpc) is 2.09. The van der Waals surface area contributed by atoms with Gasteiger partial charge in [0.2, 0.25) is 0 Å². The molecule has 0 aliphatic carbocycles. The van der Waals surface area contributed by atoms with Crippen LogP contribution in [0.15, 0.2) is 24.3 Å². The van der Waals surface area contributed by atoms with E-state index in [1.165, 1.54) is 7.05 Å². The molecule has 1 nitrogen and oxygen atoms in total. The molecule has 1 aromatic rings. The minimum Gasteiger partial charge on any atom is -0.308 e. The zero-order valence-electron chi connectivity index (χ0n) is 7.10. The first-order valence-corrected chi connectivity index (χ1v) is 4.24. The second-order valence-electron chi connectivity index (χ2n) is 2.65. The Morgan fingerprint density at radius 2 is 1.77 bits per heavy atom. The molecule has 0 heterocycles. The van der Waals surface area contributed by atoms with Gasteiger partial charge in [0, 0.05) is 5.02 Å². The third kappa shape index (κ3) is 2.64. The quantitative estimate of drug-likeness (QED) is 0.800. The van der Waals surface area contributed by atoms with Gasteiger partial charge < -0.3 is 5.32 Å². The van der Waals surface area contributed by atoms with Crippen LogP contribution in [0.4, 0.5) is 8.78 Å². The van der Waals surface area contributed by atoms with Gasteiger partial charge in [-0.3, -0.25) is 0 Å². The zero-order valence-corrected chi connectivity index (χ0v) is 7.85. The van der Waals surface area contributed by atoms with E-state index >= 15 is 0 Å². The van der Waals surface area contributed by atoms with Gasteiger partial charge in [0.25, 0.3) is 6.43 Å². The highest BCUT2D eigenvalue weighted by atomic mass is 35.5. The Morgan fingerprint density at radius 1 is 1.23 bits per heavy atom. The van der Waals surface area contributed by atoms with Crippen molar-refractivity contribution < 1.29 is 8.78 Å². The van der Waals surface area contributed by atoms with Crippen molar-refractivity contribution in [3.63, 3.8) is 0 Å². The summed E-state index contributed by atoms with van der Waals surface area (Å²) in [7, 11) is 1.51. The summed E-state index contributed by atoms with van der Waals surface area (Å²) in [6, 6.07) is 5.47. The van der Waals surface area contributed by atoms with Crippen molar-refractivity contribution in [1.29, 1.82) is 0 Å². The van der Waals surface area contributed by atoms with E-state index < -0.39 is 12.5 Å². The molecule has 72 valence electrons. The second kappa shape index (κ2) is 4.53. The lowest BCUT2D eigenvalue weighted by atomic mass is 10.1. The summed E-state index contributed by atoms with van der Waals surface area (Å²) in [6.45, 7) is 0. The number of hydrogen-bond acceptors (Lipinski definition) is 1. The van der Waals surface area contributed by atoms with Crippen molar-refractivity contribution in [2.24, 2.45) is 0 Å². The molecule has 1 rings (SSSR count). The Hall–Kier alpha value is -0.670. The molecule has 1 aromatic carbocycles. The summed E-state index contributed by atoms with van der Waals surface area (Å²) in [5, 5.41) is 3.09. The second-order valence-corrected chi connectivity index (χ2v) is 3.09. The van der Waals surface area contributed by atoms with Gasteiger partial charge in [0.05, 0.1) is 6.04 Å². The van der Waals surface area contributed by atoms with Crippen molar-refractivity contribution >= 4 is 11.6 Å². The van der Waals surface area contributed by atoms with Crippen molar-refractivity contribution in [2.45, 2.75) is 12.5 Å². The van der Waals surface area contributed by atoms with Crippen LogP contribution in [0.25, 0.3) is 0 Å². The third-order valence-corrected chi connectivity index (χ3v) is 2.04. The number of hydrogen-bond donors (Lipinski definition) is 1. The van der Waals surface area contributed by atoms with Crippen LogP contribution in [0.1, 0.15) is 11.6 Å². The minimum absolute atomic E-state index is 0.543. The molecule has 1 atom stereocenters. The van der Waals surface area contributed by atoms with E-state index in [1.54, 1.807) is 24.3 Å². The molecule has 0 saturated heterocycles. The van der Waals surface area contributed by atoms with E-state index in [0.717, 1.165) is 0 Å². The van der Waals surface area contributed by atoms with Crippen molar-refractivity contribution in [2.75, 3.05) is 7.05 Å². The van der Waals surface area contributed by atoms with Gasteiger partial charge in [-0.1, -0.05) is 23.7 Å². The van der Waals surface area contributed by atoms with Crippen LogP contribution in [-0.4, -0.2) is 13.5 Å². The van der Waals surface area contributed by atoms with E-state index in [9.17, 15) is 8.78 Å². The number of alkyl halides is 2. The molecule has 0 aromatic heterocycles. The maximum atomic E-state index is 12.4. The topological polar surface area (TPSA) is 12.0 Å². The van der Waals surface area contributed by atoms with Gasteiger partial charge in [0.15, 0.2) is 0 Å². The molecular weight excluding hydrogens is 196 g/mol. The number of nitrogens with one attached hydrogen (secondary N) is 1. The van der Waals surface area contributed by atoms with E-state index in [1.807, 2.05) is 0 Å². The summed E-state index contributed by atoms with van der Waals surface area (Å²) in [6.07, 6.45) is -2.41. The Bertz CT molecular complexity index is 261. The molecule has 0 radical (unpaired) electrons. The largest absolute Gasteiger partial charge is 0.308 e. The Balaban J connectivity index is 2.86. The van der Waals surface area contributed by atoms with E-state index in [0.29, 0.717) is 10.6 Å². The van der Waals surface area contributed by atoms with Gasteiger partial charge in [-0.15, -0.1) is 0 Å². The maximum absolute atomic E-state index is 12.4. The van der Waals surface area contributed by atoms with Crippen molar-refractivity contribution in [3.05, 3.63) is 34.9 Å². The summed E-state index contributed by atoms with van der Waals surface area (Å²) < 4.78 is 24.8. The molecule has 4 heteroatoms. The van der Waals surface area contributed by atoms with Crippen LogP contribution in [0.2, 0.25) is 5.02 Å². The average molecular weight is 206 g/mol. The lowest BCUT2D eigenvalue weighted by Crippen LogP contribution is -2.23. The van der Waals surface area contributed by atoms with Crippen LogP contribution in [0, 0.1) is 0 Å². The predicted octanol–water partition coefficient (Wildman–Crippen LogP) is 2.87. The monoisotopic (exact) mass is 205 g/mol. The lowest BCUT2D eigenvalue weighted by Gasteiger charge is -2.15. The van der Waals surface area contributed by atoms with Gasteiger partial charge in [-0.2, -0.15) is 0 Å². The van der Waals surface area contributed by atoms with E-state index in [4.69, 9.17) is 11.6 Å². The van der Waals surface area contributed by atoms with Crippen LogP contribution < -0.4 is 5.32 Å². The molecule has 0 fully saturated rings. The summed E-state index contributed by atoms with van der Waals surface area (Å²) in [5.41, 5.74) is 0.543. The third-order valence-electron chi connectivity index (χ3n) is 1.79. The van der Waals surface area contributed by atoms with Crippen LogP contribution in [0.3, 0.4) is 0 Å². The normalized spacial score (nSPS) is 13.3. The Kier molecular flexibility index (Phi) is 3.63. The fraction of sp³-hybridized carbons (Fsp3) is 0.333. The molecule has 0 aliphatic rings. The maximum Gasteiger partial charge on any atom is 0.257 e. The standard InChI is InChI=1S/C9H10ClF2N/c1-13-8(9(11)12)6-2-4-7(10)5-3-6/h2-5,8-9,13H,1H3. The molecular formula is C9H10ClF2N. The highest BCUT2D eigenvalue weighted by Gasteiger charge is 2.19. The smallest absolute Gasteiger partial charge is 0.257 e. The van der Waals surface area contributed by atoms with Gasteiger partial charge in [-0.05, 0) is 24.7 Å². The summed E-state index contributed by atoms with van der Waals surface area (Å²) in [5.74, 6) is 0. The number of halogens is 3. The van der Waals surface area contributed by atoms with Gasteiger partial charge >= 0.3 is 0 Å². The van der Waals surface area contributed by atoms with Crippen molar-refractivity contribution in [3.8, 4) is 0 Å². The SMILES string of the molecule is CNC(c1ccc(Cl)cc1)C(F)F. The van der Waals surface area contributed by atoms with E-state index in [2.05, 4.69) is 5.32 Å². The number of benzene rings is 1. The Morgan fingerprint density at radius 3 is 2.15 bits per heavy atom. The highest BCUT2D eigenvalue weighted by molar-refractivity contribution is 6.30. The molecule has 1 N–H and O–H groups in total. The van der Waals surface area contributed by atoms with Crippen LogP contribution >= 0.6 is 11.6 Å². The molecule has 0 bridgehead atoms. The van der Waals surface area contributed by atoms with Gasteiger partial charge in [-0.25, -0.2) is 8.78 Å². The molecule has 13 heavy (non-hydrogen) atoms. The first-order chi connectivity index (χ1) is 6.15. The molecule has 0 amide bonds.